The van der Waals surface area contributed by atoms with Crippen molar-refractivity contribution >= 4 is 47.3 Å². The molecule has 0 aromatic heterocycles. The number of hydrogen-bond donors (Lipinski definition) is 16. The van der Waals surface area contributed by atoms with E-state index in [-0.39, 0.29) is 68.3 Å². The van der Waals surface area contributed by atoms with E-state index in [1.54, 1.807) is 0 Å². The minimum absolute atomic E-state index is 0.0106. The van der Waals surface area contributed by atoms with Crippen molar-refractivity contribution in [3.8, 4) is 0 Å². The smallest absolute Gasteiger partial charge is 0.268 e. The number of rotatable bonds is 15. The highest BCUT2D eigenvalue weighted by Crippen LogP contribution is 2.61. The number of aliphatic hydroxyl groups is 3. The maximum Gasteiger partial charge on any atom is 0.268 e. The van der Waals surface area contributed by atoms with Crippen LogP contribution in [0.5, 0.6) is 0 Å². The van der Waals surface area contributed by atoms with Gasteiger partial charge >= 0.3 is 0 Å². The molecule has 24 nitrogen and oxygen atoms in total. The third-order valence-electron chi connectivity index (χ3n) is 13.4. The van der Waals surface area contributed by atoms with Crippen molar-refractivity contribution < 1.29 is 48.9 Å². The Balaban J connectivity index is 1.70. The van der Waals surface area contributed by atoms with Gasteiger partial charge in [0, 0.05) is 45.2 Å². The van der Waals surface area contributed by atoms with Crippen LogP contribution in [0.4, 0.5) is 0 Å². The van der Waals surface area contributed by atoms with Gasteiger partial charge in [0.15, 0.2) is 5.96 Å². The molecule has 4 bridgehead atoms. The quantitative estimate of drug-likeness (QED) is 0.0315. The Morgan fingerprint density at radius 1 is 0.794 bits per heavy atom. The summed E-state index contributed by atoms with van der Waals surface area (Å²) in [6.45, 7) is 3.56. The first-order chi connectivity index (χ1) is 32.2. The lowest BCUT2D eigenvalue weighted by Gasteiger charge is -2.56. The van der Waals surface area contributed by atoms with Gasteiger partial charge in [-0.3, -0.25) is 38.6 Å². The van der Waals surface area contributed by atoms with Crippen LogP contribution in [0.15, 0.2) is 16.8 Å². The van der Waals surface area contributed by atoms with E-state index in [1.807, 2.05) is 13.8 Å². The molecule has 6 unspecified atom stereocenters. The number of amides is 7. The molecule has 21 N–H and O–H groups in total. The Hall–Kier alpha value is -4.98. The van der Waals surface area contributed by atoms with Gasteiger partial charge in [-0.25, -0.2) is 0 Å². The lowest BCUT2D eigenvalue weighted by atomic mass is 9.49. The summed E-state index contributed by atoms with van der Waals surface area (Å²) >= 11 is 0. The van der Waals surface area contributed by atoms with Crippen molar-refractivity contribution in [1.29, 1.82) is 0 Å². The van der Waals surface area contributed by atoms with Gasteiger partial charge < -0.3 is 86.5 Å². The van der Waals surface area contributed by atoms with E-state index in [2.05, 4.69) is 47.5 Å². The molecular weight excluding hydrogens is 885 g/mol. The normalized spacial score (nSPS) is 32.8. The summed E-state index contributed by atoms with van der Waals surface area (Å²) in [4.78, 5) is 101. The number of carbonyl (C=O) groups is 7. The van der Waals surface area contributed by atoms with Crippen molar-refractivity contribution in [2.45, 2.75) is 146 Å². The molecule has 68 heavy (non-hydrogen) atoms. The first-order valence-corrected chi connectivity index (χ1v) is 23.9. The van der Waals surface area contributed by atoms with Crippen LogP contribution in [-0.4, -0.2) is 156 Å². The third-order valence-corrected chi connectivity index (χ3v) is 13.4. The van der Waals surface area contributed by atoms with Gasteiger partial charge in [0.1, 0.15) is 36.0 Å². The van der Waals surface area contributed by atoms with Gasteiger partial charge in [0.2, 0.25) is 35.4 Å². The van der Waals surface area contributed by atoms with Crippen molar-refractivity contribution in [3.05, 3.63) is 11.8 Å². The summed E-state index contributed by atoms with van der Waals surface area (Å²) in [6, 6.07) is -8.32. The summed E-state index contributed by atoms with van der Waals surface area (Å²) in [5.41, 5.74) is 27.8. The molecule has 0 aromatic rings. The van der Waals surface area contributed by atoms with Gasteiger partial charge in [-0.2, -0.15) is 0 Å². The number of allylic oxidation sites excluding steroid dienone is 1. The number of nitrogens with one attached hydrogen (secondary N) is 8. The number of nitrogens with two attached hydrogens (primary N) is 5. The number of nitrogens with zero attached hydrogens (tertiary/aromatic N) is 1. The third kappa shape index (κ3) is 16.1. The lowest BCUT2D eigenvalue weighted by Crippen LogP contribution is -2.64. The van der Waals surface area contributed by atoms with Crippen LogP contribution < -0.4 is 71.2 Å². The molecule has 0 aromatic carbocycles. The monoisotopic (exact) mass is 963 g/mol. The van der Waals surface area contributed by atoms with Crippen LogP contribution in [0.2, 0.25) is 0 Å². The molecule has 5 rings (SSSR count). The number of β-amino-alcohol motifs (C(OH)–C–C–N with tert-alkyl or cyclic N) is 1. The van der Waals surface area contributed by atoms with Crippen molar-refractivity contribution in [1.82, 2.24) is 42.5 Å². The molecule has 4 saturated carbocycles. The number of hydrogen-bond acceptors (Lipinski definition) is 15. The molecule has 7 amide bonds. The van der Waals surface area contributed by atoms with E-state index in [4.69, 9.17) is 28.7 Å². The minimum atomic E-state index is -1.86. The van der Waals surface area contributed by atoms with E-state index in [1.165, 1.54) is 13.0 Å². The van der Waals surface area contributed by atoms with Crippen LogP contribution in [0.25, 0.3) is 0 Å². The number of aliphatic imine (C=N–C) groups is 1. The van der Waals surface area contributed by atoms with Crippen LogP contribution in [0.3, 0.4) is 0 Å². The second-order valence-electron chi connectivity index (χ2n) is 19.6. The highest BCUT2D eigenvalue weighted by molar-refractivity contribution is 6.01. The van der Waals surface area contributed by atoms with Crippen LogP contribution in [-0.2, 0) is 33.6 Å². The summed E-state index contributed by atoms with van der Waals surface area (Å²) in [5, 5.41) is 54.4. The standard InChI is InChI=1S/C44H78N14O10/c1-4-27-37(63)55-29(7-8-45)39(65)53-26(10-22(2)3)20-51-28(6-5-9-50-43(48)49)38(64)57-35(31(60)19-47)42(68)58-34(30(59)18-46)40(66)52-21-32(61)36(41(67)54-27)56-33(62)17-44-14-23-11-24(15-44)13-25(12-23)16-44/h4,22-26,28-32,34-36,51,59-61H,5-21,45-47H2,1-3H3,(H,52,66)(H,53,65)(H,54,67)(H,55,63)(H,56,62)(H,57,64)(H,58,68)(H4,48,49,50)/b27-4-/t23?,24?,25?,26-,28-,29-,30?,31?,32?,34?,35?,36?,44?/m0/s1. The Labute approximate surface area is 397 Å². The van der Waals surface area contributed by atoms with Gasteiger partial charge in [0.05, 0.1) is 18.2 Å². The molecule has 0 spiro atoms. The van der Waals surface area contributed by atoms with Gasteiger partial charge in [-0.05, 0) is 107 Å². The fourth-order valence-electron chi connectivity index (χ4n) is 10.6. The van der Waals surface area contributed by atoms with E-state index in [9.17, 15) is 48.9 Å². The van der Waals surface area contributed by atoms with Crippen LogP contribution >= 0.6 is 0 Å². The minimum Gasteiger partial charge on any atom is -0.389 e. The molecule has 4 aliphatic carbocycles. The van der Waals surface area contributed by atoms with Crippen molar-refractivity contribution in [2.75, 3.05) is 39.3 Å². The molecule has 384 valence electrons. The second kappa shape index (κ2) is 26.1. The zero-order valence-corrected chi connectivity index (χ0v) is 39.6. The Kier molecular flexibility index (Phi) is 21.4. The van der Waals surface area contributed by atoms with Crippen molar-refractivity contribution in [3.63, 3.8) is 0 Å². The number of guanidine groups is 1. The summed E-state index contributed by atoms with van der Waals surface area (Å²) in [7, 11) is 0. The zero-order chi connectivity index (χ0) is 50.3. The molecule has 24 heteroatoms. The Bertz CT molecular complexity index is 1790. The fraction of sp³-hybridized carbons (Fsp3) is 0.773. The largest absolute Gasteiger partial charge is 0.389 e. The molecule has 1 saturated heterocycles. The average molecular weight is 963 g/mol. The summed E-state index contributed by atoms with van der Waals surface area (Å²) < 4.78 is 0. The first-order valence-electron chi connectivity index (χ1n) is 23.9. The predicted molar refractivity (Wildman–Crippen MR) is 251 cm³/mol. The molecule has 5 aliphatic rings. The van der Waals surface area contributed by atoms with Gasteiger partial charge in [-0.15, -0.1) is 0 Å². The predicted octanol–water partition coefficient (Wildman–Crippen LogP) is -5.43. The maximum absolute atomic E-state index is 14.1. The molecule has 9 atom stereocenters. The topological polar surface area (TPSA) is 419 Å². The van der Waals surface area contributed by atoms with E-state index < -0.39 is 116 Å². The zero-order valence-electron chi connectivity index (χ0n) is 39.6. The lowest BCUT2D eigenvalue weighted by molar-refractivity contribution is -0.137. The average Bonchev–Trinajstić information content (AvgIpc) is 3.27. The van der Waals surface area contributed by atoms with Crippen molar-refractivity contribution in [2.24, 2.45) is 62.7 Å². The van der Waals surface area contributed by atoms with E-state index >= 15 is 0 Å². The molecule has 5 fully saturated rings. The first kappa shape index (κ1) is 55.6. The maximum atomic E-state index is 14.1. The fourth-order valence-corrected chi connectivity index (χ4v) is 10.6. The van der Waals surface area contributed by atoms with E-state index in [0.717, 1.165) is 38.5 Å². The summed E-state index contributed by atoms with van der Waals surface area (Å²) in [5.74, 6) is -4.65. The number of aliphatic hydroxyl groups excluding tert-OH is 3. The van der Waals surface area contributed by atoms with Crippen LogP contribution in [0.1, 0.15) is 91.4 Å². The van der Waals surface area contributed by atoms with Crippen LogP contribution in [0, 0.1) is 29.1 Å². The molecule has 0 radical (unpaired) electrons. The SMILES string of the molecule is C/C=C1\NC(=O)C(NC(=O)CC23CC4CC(CC(C4)C2)C3)C(O)CNC(=O)C(C(O)CN)NC(=O)C(C(O)CN)NC(=O)[C@H](CCCN=C(N)N)NC[C@H](CC(C)C)NC(=O)[C@H](CCN)NC1=O. The second-order valence-corrected chi connectivity index (χ2v) is 19.6. The highest BCUT2D eigenvalue weighted by Gasteiger charge is 2.52. The van der Waals surface area contributed by atoms with Gasteiger partial charge in [-0.1, -0.05) is 19.9 Å². The van der Waals surface area contributed by atoms with Gasteiger partial charge in [0.25, 0.3) is 5.91 Å². The Morgan fingerprint density at radius 2 is 1.37 bits per heavy atom. The molecule has 1 heterocycles. The summed E-state index contributed by atoms with van der Waals surface area (Å²) in [6.07, 6.45) is 2.82. The van der Waals surface area contributed by atoms with E-state index in [0.29, 0.717) is 24.2 Å². The highest BCUT2D eigenvalue weighted by atomic mass is 16.3. The number of carbonyl (C=O) groups excluding carboxylic acids is 7. The molecule has 1 aliphatic heterocycles. The Morgan fingerprint density at radius 3 is 1.91 bits per heavy atom. The molecular formula is C44H78N14O10.